The Bertz CT molecular complexity index is 1030. The molecule has 6 atom stereocenters. The minimum absolute atomic E-state index is 0.0382. The maximum atomic E-state index is 12.8. The van der Waals surface area contributed by atoms with Crippen LogP contribution in [0.25, 0.3) is 0 Å². The first-order valence-electron chi connectivity index (χ1n) is 14.2. The van der Waals surface area contributed by atoms with Gasteiger partial charge in [0.05, 0.1) is 18.6 Å². The summed E-state index contributed by atoms with van der Waals surface area (Å²) in [4.78, 5) is 37.4. The summed E-state index contributed by atoms with van der Waals surface area (Å²) < 4.78 is 5.86. The monoisotopic (exact) mass is 556 g/mol. The highest BCUT2D eigenvalue weighted by atomic mass is 16.5. The van der Waals surface area contributed by atoms with Crippen molar-refractivity contribution >= 4 is 17.5 Å². The number of hydrogen-bond donors (Lipinski definition) is 3. The molecule has 0 spiro atoms. The summed E-state index contributed by atoms with van der Waals surface area (Å²) in [6, 6.07) is 0. The van der Waals surface area contributed by atoms with E-state index >= 15 is 0 Å². The number of aliphatic hydroxyl groups is 3. The Morgan fingerprint density at radius 3 is 2.42 bits per heavy atom. The highest BCUT2D eigenvalue weighted by Crippen LogP contribution is 2.26. The third-order valence-electron chi connectivity index (χ3n) is 7.12. The van der Waals surface area contributed by atoms with Crippen molar-refractivity contribution in [2.75, 3.05) is 0 Å². The Balaban J connectivity index is 3.27. The van der Waals surface area contributed by atoms with E-state index in [1.54, 1.807) is 69.4 Å². The first kappa shape index (κ1) is 35.2. The molecule has 7 nitrogen and oxygen atoms in total. The predicted molar refractivity (Wildman–Crippen MR) is 158 cm³/mol. The molecule has 0 saturated heterocycles. The fourth-order valence-electron chi connectivity index (χ4n) is 4.35. The number of Topliss-reactive ketones (excluding diaryl/α,β-unsaturated/α-hetero) is 2. The second-order valence-corrected chi connectivity index (χ2v) is 10.8. The topological polar surface area (TPSA) is 121 Å². The molecule has 0 saturated carbocycles. The molecule has 0 fully saturated rings. The van der Waals surface area contributed by atoms with Crippen molar-refractivity contribution in [2.45, 2.75) is 104 Å². The average Bonchev–Trinajstić information content (AvgIpc) is 2.91. The largest absolute Gasteiger partial charge is 0.461 e. The number of aliphatic hydroxyl groups excluding tert-OH is 3. The first-order valence-corrected chi connectivity index (χ1v) is 14.2. The van der Waals surface area contributed by atoms with Crippen LogP contribution in [-0.4, -0.2) is 57.3 Å². The average molecular weight is 557 g/mol. The summed E-state index contributed by atoms with van der Waals surface area (Å²) in [7, 11) is 0. The van der Waals surface area contributed by atoms with Gasteiger partial charge in [-0.3, -0.25) is 14.4 Å². The van der Waals surface area contributed by atoms with Crippen LogP contribution in [-0.2, 0) is 19.1 Å². The number of ether oxygens (including phenoxy) is 1. The van der Waals surface area contributed by atoms with Crippen molar-refractivity contribution in [3.63, 3.8) is 0 Å². The van der Waals surface area contributed by atoms with Gasteiger partial charge in [-0.1, -0.05) is 68.9 Å². The Kier molecular flexibility index (Phi) is 16.2. The van der Waals surface area contributed by atoms with Gasteiger partial charge in [-0.15, -0.1) is 0 Å². The summed E-state index contributed by atoms with van der Waals surface area (Å²) in [5.41, 5.74) is 1.71. The number of carbonyl (C=O) groups is 3. The molecule has 0 aliphatic carbocycles. The van der Waals surface area contributed by atoms with E-state index in [-0.39, 0.29) is 24.5 Å². The Hall–Kier alpha value is -2.87. The molecule has 40 heavy (non-hydrogen) atoms. The molecule has 3 N–H and O–H groups in total. The van der Waals surface area contributed by atoms with Gasteiger partial charge in [0.15, 0.2) is 5.78 Å². The SMILES string of the molecule is CCCC(=O)CC[C@@H](C)[C@H]1OC(=O)C/C=C(\C)[C@H](O)/C=C(C)/C=C/C=C(\C)C(=O)[C@@H](O)/C=C/C=C/C[C@H](O)[C@@H]1C. The van der Waals surface area contributed by atoms with Crippen molar-refractivity contribution in [1.82, 2.24) is 0 Å². The van der Waals surface area contributed by atoms with Crippen LogP contribution in [0.1, 0.15) is 80.1 Å². The minimum Gasteiger partial charge on any atom is -0.461 e. The van der Waals surface area contributed by atoms with E-state index in [9.17, 15) is 29.7 Å². The molecule has 1 heterocycles. The minimum atomic E-state index is -1.30. The van der Waals surface area contributed by atoms with Crippen LogP contribution in [0.4, 0.5) is 0 Å². The van der Waals surface area contributed by atoms with E-state index in [0.29, 0.717) is 30.4 Å². The highest BCUT2D eigenvalue weighted by Gasteiger charge is 2.31. The quantitative estimate of drug-likeness (QED) is 0.301. The van der Waals surface area contributed by atoms with Gasteiger partial charge in [0, 0.05) is 18.8 Å². The fraction of sp³-hybridized carbons (Fsp3) is 0.545. The number of carbonyl (C=O) groups excluding carboxylic acids is 3. The van der Waals surface area contributed by atoms with Crippen LogP contribution in [0.15, 0.2) is 71.4 Å². The zero-order valence-corrected chi connectivity index (χ0v) is 24.9. The van der Waals surface area contributed by atoms with Crippen molar-refractivity contribution in [3.05, 3.63) is 71.4 Å². The van der Waals surface area contributed by atoms with Gasteiger partial charge in [0.2, 0.25) is 0 Å². The lowest BCUT2D eigenvalue weighted by atomic mass is 9.85. The van der Waals surface area contributed by atoms with Crippen molar-refractivity contribution in [1.29, 1.82) is 0 Å². The number of esters is 1. The number of cyclic esters (lactones) is 1. The highest BCUT2D eigenvalue weighted by molar-refractivity contribution is 5.99. The van der Waals surface area contributed by atoms with E-state index in [1.807, 2.05) is 20.8 Å². The third kappa shape index (κ3) is 13.0. The summed E-state index contributed by atoms with van der Waals surface area (Å²) in [6.07, 6.45) is 13.4. The normalized spacial score (nSPS) is 33.3. The van der Waals surface area contributed by atoms with Gasteiger partial charge in [-0.05, 0) is 69.2 Å². The first-order chi connectivity index (χ1) is 18.9. The van der Waals surface area contributed by atoms with Gasteiger partial charge in [0.1, 0.15) is 18.0 Å². The van der Waals surface area contributed by atoms with Crippen molar-refractivity contribution < 1.29 is 34.4 Å². The fourth-order valence-corrected chi connectivity index (χ4v) is 4.35. The number of hydrogen-bond acceptors (Lipinski definition) is 7. The lowest BCUT2D eigenvalue weighted by Crippen LogP contribution is -2.38. The van der Waals surface area contributed by atoms with E-state index in [4.69, 9.17) is 4.74 Å². The smallest absolute Gasteiger partial charge is 0.309 e. The molecule has 0 amide bonds. The molecule has 1 aliphatic heterocycles. The van der Waals surface area contributed by atoms with Gasteiger partial charge in [0.25, 0.3) is 0 Å². The van der Waals surface area contributed by atoms with Crippen LogP contribution in [0, 0.1) is 11.8 Å². The molecule has 0 aromatic carbocycles. The summed E-state index contributed by atoms with van der Waals surface area (Å²) in [5, 5.41) is 31.7. The molecular weight excluding hydrogens is 508 g/mol. The number of allylic oxidation sites excluding steroid dienone is 6. The summed E-state index contributed by atoms with van der Waals surface area (Å²) in [5.74, 6) is -1.31. The summed E-state index contributed by atoms with van der Waals surface area (Å²) in [6.45, 7) is 10.8. The second-order valence-electron chi connectivity index (χ2n) is 10.8. The molecule has 0 unspecified atom stereocenters. The maximum Gasteiger partial charge on any atom is 0.309 e. The van der Waals surface area contributed by atoms with Crippen LogP contribution in [0.2, 0.25) is 0 Å². The van der Waals surface area contributed by atoms with Crippen LogP contribution >= 0.6 is 0 Å². The van der Waals surface area contributed by atoms with Crippen molar-refractivity contribution in [3.8, 4) is 0 Å². The lowest BCUT2D eigenvalue weighted by Gasteiger charge is -2.32. The number of ketones is 2. The summed E-state index contributed by atoms with van der Waals surface area (Å²) >= 11 is 0. The van der Waals surface area contributed by atoms with Crippen LogP contribution in [0.3, 0.4) is 0 Å². The van der Waals surface area contributed by atoms with Gasteiger partial charge in [-0.2, -0.15) is 0 Å². The van der Waals surface area contributed by atoms with Gasteiger partial charge >= 0.3 is 5.97 Å². The van der Waals surface area contributed by atoms with E-state index in [2.05, 4.69) is 0 Å². The Morgan fingerprint density at radius 1 is 1.05 bits per heavy atom. The zero-order valence-electron chi connectivity index (χ0n) is 24.9. The number of rotatable bonds is 6. The molecule has 0 radical (unpaired) electrons. The molecule has 7 heteroatoms. The van der Waals surface area contributed by atoms with Crippen molar-refractivity contribution in [2.24, 2.45) is 11.8 Å². The molecular formula is C33H48O7. The Morgan fingerprint density at radius 2 is 1.75 bits per heavy atom. The molecule has 222 valence electrons. The van der Waals surface area contributed by atoms with E-state index in [1.165, 1.54) is 6.08 Å². The zero-order chi connectivity index (χ0) is 30.2. The van der Waals surface area contributed by atoms with E-state index < -0.39 is 42.1 Å². The van der Waals surface area contributed by atoms with Crippen LogP contribution < -0.4 is 0 Å². The van der Waals surface area contributed by atoms with Crippen LogP contribution in [0.5, 0.6) is 0 Å². The van der Waals surface area contributed by atoms with Gasteiger partial charge in [-0.25, -0.2) is 0 Å². The molecule has 0 aromatic heterocycles. The predicted octanol–water partition coefficient (Wildman–Crippen LogP) is 5.27. The Labute approximate surface area is 239 Å². The van der Waals surface area contributed by atoms with E-state index in [0.717, 1.165) is 12.0 Å². The molecule has 1 rings (SSSR count). The third-order valence-corrected chi connectivity index (χ3v) is 7.12. The molecule has 0 aromatic rings. The maximum absolute atomic E-state index is 12.8. The van der Waals surface area contributed by atoms with Gasteiger partial charge < -0.3 is 20.1 Å². The molecule has 1 aliphatic rings. The standard InChI is InChI=1S/C33H48O7/c1-7-12-27(34)19-17-25(5)33-26(6)28(35)15-9-8-10-16-29(36)32(39)24(4)14-11-13-22(2)21-30(37)23(3)18-20-31(38)40-33/h8-11,13-14,16,18,21,25-26,28-30,33,35-37H,7,12,15,17,19-20H2,1-6H3/b9-8+,13-11+,16-10+,22-21+,23-18+,24-14+/t25-,26+,28+,29+,30-,33-/m1/s1. The lowest BCUT2D eigenvalue weighted by molar-refractivity contribution is -0.156. The molecule has 0 bridgehead atoms. The second kappa shape index (κ2) is 18.5.